The van der Waals surface area contributed by atoms with Crippen LogP contribution in [0.15, 0.2) is 11.3 Å². The molecule has 0 unspecified atom stereocenters. The highest BCUT2D eigenvalue weighted by molar-refractivity contribution is 5.87. The van der Waals surface area contributed by atoms with Gasteiger partial charge in [-0.05, 0) is 12.8 Å². The number of allylic oxidation sites excluding steroid dienone is 1. The predicted molar refractivity (Wildman–Crippen MR) is 40.1 cm³/mol. The van der Waals surface area contributed by atoms with Gasteiger partial charge in [0.15, 0.2) is 0 Å². The molecule has 0 atom stereocenters. The Balaban J connectivity index is 2.81. The molecule has 0 bridgehead atoms. The topological polar surface area (TPSA) is 46.5 Å². The lowest BCUT2D eigenvalue weighted by Crippen LogP contribution is -2.12. The minimum absolute atomic E-state index is 0.457. The van der Waals surface area contributed by atoms with Gasteiger partial charge in [-0.1, -0.05) is 6.92 Å². The van der Waals surface area contributed by atoms with Crippen molar-refractivity contribution >= 4 is 5.97 Å². The maximum atomic E-state index is 10.6. The monoisotopic (exact) mass is 156 g/mol. The van der Waals surface area contributed by atoms with Crippen LogP contribution in [0.3, 0.4) is 0 Å². The quantitative estimate of drug-likeness (QED) is 0.659. The molecular formula is C8H12O3. The first-order valence-electron chi connectivity index (χ1n) is 3.83. The van der Waals surface area contributed by atoms with Crippen molar-refractivity contribution in [3.63, 3.8) is 0 Å². The zero-order chi connectivity index (χ0) is 8.27. The van der Waals surface area contributed by atoms with Gasteiger partial charge in [-0.2, -0.15) is 0 Å². The molecule has 0 amide bonds. The predicted octanol–water partition coefficient (Wildman–Crippen LogP) is 1.55. The minimum atomic E-state index is -0.832. The number of carboxylic acids is 1. The second-order valence-corrected chi connectivity index (χ2v) is 2.51. The third-order valence-electron chi connectivity index (χ3n) is 1.76. The van der Waals surface area contributed by atoms with Gasteiger partial charge >= 0.3 is 5.97 Å². The molecule has 1 heterocycles. The van der Waals surface area contributed by atoms with Crippen LogP contribution in [-0.4, -0.2) is 17.7 Å². The summed E-state index contributed by atoms with van der Waals surface area (Å²) in [5.41, 5.74) is 0.457. The summed E-state index contributed by atoms with van der Waals surface area (Å²) in [6, 6.07) is 0. The first kappa shape index (κ1) is 8.11. The van der Waals surface area contributed by atoms with Crippen molar-refractivity contribution in [2.75, 3.05) is 6.61 Å². The molecule has 0 fully saturated rings. The van der Waals surface area contributed by atoms with E-state index in [4.69, 9.17) is 9.84 Å². The molecule has 1 aliphatic rings. The molecule has 1 aliphatic heterocycles. The van der Waals surface area contributed by atoms with Crippen molar-refractivity contribution in [3.05, 3.63) is 11.3 Å². The van der Waals surface area contributed by atoms with Crippen molar-refractivity contribution in [2.45, 2.75) is 26.2 Å². The second-order valence-electron chi connectivity index (χ2n) is 2.51. The highest BCUT2D eigenvalue weighted by atomic mass is 16.5. The third kappa shape index (κ3) is 1.73. The van der Waals surface area contributed by atoms with Gasteiger partial charge in [0.05, 0.1) is 12.2 Å². The largest absolute Gasteiger partial charge is 0.497 e. The Morgan fingerprint density at radius 2 is 2.45 bits per heavy atom. The van der Waals surface area contributed by atoms with E-state index >= 15 is 0 Å². The maximum Gasteiger partial charge on any atom is 0.334 e. The van der Waals surface area contributed by atoms with Gasteiger partial charge in [-0.3, -0.25) is 0 Å². The highest BCUT2D eigenvalue weighted by Gasteiger charge is 2.17. The van der Waals surface area contributed by atoms with E-state index in [0.717, 1.165) is 6.42 Å². The summed E-state index contributed by atoms with van der Waals surface area (Å²) in [4.78, 5) is 10.6. The van der Waals surface area contributed by atoms with E-state index in [-0.39, 0.29) is 0 Å². The van der Waals surface area contributed by atoms with Crippen LogP contribution in [0.5, 0.6) is 0 Å². The molecule has 0 saturated carbocycles. The molecule has 3 nitrogen and oxygen atoms in total. The Hall–Kier alpha value is -0.990. The van der Waals surface area contributed by atoms with Crippen LogP contribution in [0, 0.1) is 0 Å². The van der Waals surface area contributed by atoms with Crippen LogP contribution >= 0.6 is 0 Å². The van der Waals surface area contributed by atoms with E-state index in [0.29, 0.717) is 30.8 Å². The number of rotatable bonds is 2. The maximum absolute atomic E-state index is 10.6. The fourth-order valence-corrected chi connectivity index (χ4v) is 1.21. The number of carboxylic acid groups (broad SMARTS) is 1. The number of ether oxygens (including phenoxy) is 1. The van der Waals surface area contributed by atoms with Gasteiger partial charge in [-0.25, -0.2) is 4.79 Å². The van der Waals surface area contributed by atoms with Crippen molar-refractivity contribution in [1.29, 1.82) is 0 Å². The standard InChI is InChI=1S/C8H12O3/c1-2-7-6(8(9)10)4-3-5-11-7/h2-5H2,1H3,(H,9,10). The van der Waals surface area contributed by atoms with Gasteiger partial charge in [0.2, 0.25) is 0 Å². The molecule has 0 aromatic carbocycles. The molecule has 62 valence electrons. The van der Waals surface area contributed by atoms with Gasteiger partial charge in [0, 0.05) is 6.42 Å². The normalized spacial score (nSPS) is 17.9. The van der Waals surface area contributed by atoms with E-state index in [1.54, 1.807) is 0 Å². The molecule has 0 spiro atoms. The molecule has 0 aromatic heterocycles. The fraction of sp³-hybridized carbons (Fsp3) is 0.625. The summed E-state index contributed by atoms with van der Waals surface area (Å²) in [5.74, 6) is -0.176. The van der Waals surface area contributed by atoms with Gasteiger partial charge < -0.3 is 9.84 Å². The Kier molecular flexibility index (Phi) is 2.52. The number of hydrogen-bond donors (Lipinski definition) is 1. The molecule has 1 rings (SSSR count). The number of carbonyl (C=O) groups is 1. The average Bonchev–Trinajstić information content (AvgIpc) is 2.04. The summed E-state index contributed by atoms with van der Waals surface area (Å²) < 4.78 is 5.20. The van der Waals surface area contributed by atoms with Gasteiger partial charge in [-0.15, -0.1) is 0 Å². The first-order valence-corrected chi connectivity index (χ1v) is 3.83. The molecule has 0 radical (unpaired) electrons. The zero-order valence-electron chi connectivity index (χ0n) is 6.59. The van der Waals surface area contributed by atoms with Crippen molar-refractivity contribution in [1.82, 2.24) is 0 Å². The Morgan fingerprint density at radius 3 is 2.91 bits per heavy atom. The van der Waals surface area contributed by atoms with Crippen LogP contribution in [-0.2, 0) is 9.53 Å². The smallest absolute Gasteiger partial charge is 0.334 e. The van der Waals surface area contributed by atoms with Crippen molar-refractivity contribution in [2.24, 2.45) is 0 Å². The Morgan fingerprint density at radius 1 is 1.73 bits per heavy atom. The molecule has 1 N–H and O–H groups in total. The van der Waals surface area contributed by atoms with Gasteiger partial charge in [0.1, 0.15) is 5.76 Å². The van der Waals surface area contributed by atoms with E-state index in [2.05, 4.69) is 0 Å². The molecule has 0 aliphatic carbocycles. The van der Waals surface area contributed by atoms with E-state index in [1.807, 2.05) is 6.92 Å². The van der Waals surface area contributed by atoms with Gasteiger partial charge in [0.25, 0.3) is 0 Å². The lowest BCUT2D eigenvalue weighted by atomic mass is 10.1. The van der Waals surface area contributed by atoms with Crippen LogP contribution in [0.2, 0.25) is 0 Å². The first-order chi connectivity index (χ1) is 5.25. The third-order valence-corrected chi connectivity index (χ3v) is 1.76. The summed E-state index contributed by atoms with van der Waals surface area (Å²) >= 11 is 0. The SMILES string of the molecule is CCC1=C(C(=O)O)CCCO1. The molecule has 11 heavy (non-hydrogen) atoms. The summed E-state index contributed by atoms with van der Waals surface area (Å²) in [7, 11) is 0. The zero-order valence-corrected chi connectivity index (χ0v) is 6.59. The van der Waals surface area contributed by atoms with E-state index < -0.39 is 5.97 Å². The van der Waals surface area contributed by atoms with Crippen LogP contribution < -0.4 is 0 Å². The number of hydrogen-bond acceptors (Lipinski definition) is 2. The molecule has 3 heteroatoms. The average molecular weight is 156 g/mol. The van der Waals surface area contributed by atoms with Crippen molar-refractivity contribution in [3.8, 4) is 0 Å². The minimum Gasteiger partial charge on any atom is -0.497 e. The Bertz CT molecular complexity index is 194. The second kappa shape index (κ2) is 3.42. The lowest BCUT2D eigenvalue weighted by molar-refractivity contribution is -0.133. The highest BCUT2D eigenvalue weighted by Crippen LogP contribution is 2.21. The Labute approximate surface area is 65.7 Å². The summed E-state index contributed by atoms with van der Waals surface area (Å²) in [6.45, 7) is 2.57. The van der Waals surface area contributed by atoms with E-state index in [9.17, 15) is 4.79 Å². The van der Waals surface area contributed by atoms with E-state index in [1.165, 1.54) is 0 Å². The van der Waals surface area contributed by atoms with Crippen molar-refractivity contribution < 1.29 is 14.6 Å². The fourth-order valence-electron chi connectivity index (χ4n) is 1.21. The molecule has 0 saturated heterocycles. The lowest BCUT2D eigenvalue weighted by Gasteiger charge is -2.17. The summed E-state index contributed by atoms with van der Waals surface area (Å²) in [6.07, 6.45) is 2.16. The van der Waals surface area contributed by atoms with Crippen LogP contribution in [0.1, 0.15) is 26.2 Å². The van der Waals surface area contributed by atoms with Crippen LogP contribution in [0.4, 0.5) is 0 Å². The number of aliphatic carboxylic acids is 1. The van der Waals surface area contributed by atoms with Crippen LogP contribution in [0.25, 0.3) is 0 Å². The molecule has 0 aromatic rings. The summed E-state index contributed by atoms with van der Waals surface area (Å²) in [5, 5.41) is 8.70. The molecular weight excluding hydrogens is 144 g/mol.